The predicted molar refractivity (Wildman–Crippen MR) is 79.4 cm³/mol. The largest absolute Gasteiger partial charge is 0.390 e. The number of aliphatic hydroxyl groups is 1. The minimum absolute atomic E-state index is 0. The number of rotatable bonds is 5. The molecule has 9 heteroatoms. The van der Waals surface area contributed by atoms with Gasteiger partial charge in [-0.25, -0.2) is 4.98 Å². The fourth-order valence-electron chi connectivity index (χ4n) is 2.45. The summed E-state index contributed by atoms with van der Waals surface area (Å²) < 4.78 is 22.7. The molecular formula is C14H17N2O5PY. The number of ether oxygens (including phenoxy) is 1. The number of imidazole rings is 1. The third-order valence-corrected chi connectivity index (χ3v) is 3.99. The van der Waals surface area contributed by atoms with Gasteiger partial charge in [-0.3, -0.25) is 4.57 Å². The Kier molecular flexibility index (Phi) is 7.10. The van der Waals surface area contributed by atoms with Crippen molar-refractivity contribution in [3.05, 3.63) is 42.9 Å². The second-order valence-electron chi connectivity index (χ2n) is 5.08. The minimum atomic E-state index is -3.02. The summed E-state index contributed by atoms with van der Waals surface area (Å²) in [7, 11) is -3.02. The molecule has 23 heavy (non-hydrogen) atoms. The number of aliphatic hydroxyl groups excluding tert-OH is 1. The van der Waals surface area contributed by atoms with Crippen LogP contribution in [-0.4, -0.2) is 38.4 Å². The zero-order valence-corrected chi connectivity index (χ0v) is 16.1. The van der Waals surface area contributed by atoms with Crippen LogP contribution in [0.3, 0.4) is 0 Å². The first-order chi connectivity index (χ1) is 10.6. The van der Waals surface area contributed by atoms with Gasteiger partial charge in [0, 0.05) is 50.9 Å². The van der Waals surface area contributed by atoms with E-state index in [2.05, 4.69) is 9.51 Å². The molecule has 2 N–H and O–H groups in total. The quantitative estimate of drug-likeness (QED) is 0.724. The standard InChI is InChI=1S/C14H17N2O5P.Y/c17-12-6-14(21-13(12)8-20-22(18)19)16-7-11(15-9-16)10-4-2-1-3-5-10;/h1-5,7,9,12-14,17,22H,6,8H2,(H,18,19);/t12-,13+,14?;/m0./s1. The van der Waals surface area contributed by atoms with Gasteiger partial charge in [0.15, 0.2) is 0 Å². The van der Waals surface area contributed by atoms with Gasteiger partial charge in [0.2, 0.25) is 0 Å². The maximum Gasteiger partial charge on any atom is 0.316 e. The van der Waals surface area contributed by atoms with Gasteiger partial charge in [0.1, 0.15) is 12.3 Å². The van der Waals surface area contributed by atoms with Crippen molar-refractivity contribution in [2.45, 2.75) is 24.9 Å². The smallest absolute Gasteiger partial charge is 0.316 e. The molecule has 1 aliphatic heterocycles. The van der Waals surface area contributed by atoms with Crippen molar-refractivity contribution >= 4 is 8.25 Å². The molecule has 1 aliphatic rings. The zero-order valence-electron chi connectivity index (χ0n) is 12.3. The SMILES string of the molecule is O=[PH](O)OC[C@H]1OC(n2cnc(-c3ccccc3)c2)C[C@@H]1O.[Y]. The summed E-state index contributed by atoms with van der Waals surface area (Å²) in [6.45, 7) is -0.105. The number of benzene rings is 1. The molecule has 1 radical (unpaired) electrons. The third kappa shape index (κ3) is 4.80. The molecule has 0 saturated carbocycles. The topological polar surface area (TPSA) is 93.8 Å². The number of nitrogens with zero attached hydrogens (tertiary/aromatic N) is 2. The summed E-state index contributed by atoms with van der Waals surface area (Å²) in [6, 6.07) is 9.75. The van der Waals surface area contributed by atoms with E-state index in [0.717, 1.165) is 11.3 Å². The van der Waals surface area contributed by atoms with Gasteiger partial charge < -0.3 is 23.8 Å². The molecule has 4 atom stereocenters. The minimum Gasteiger partial charge on any atom is -0.390 e. The Balaban J connectivity index is 0.00000192. The number of hydrogen-bond donors (Lipinski definition) is 2. The van der Waals surface area contributed by atoms with E-state index < -0.39 is 20.5 Å². The van der Waals surface area contributed by atoms with Crippen LogP contribution in [0.5, 0.6) is 0 Å². The van der Waals surface area contributed by atoms with Crippen LogP contribution in [0.15, 0.2) is 42.9 Å². The molecule has 1 aromatic heterocycles. The summed E-state index contributed by atoms with van der Waals surface area (Å²) in [5.41, 5.74) is 1.82. The number of hydrogen-bond acceptors (Lipinski definition) is 5. The van der Waals surface area contributed by atoms with Gasteiger partial charge in [-0.2, -0.15) is 0 Å². The Hall–Kier alpha value is -0.396. The maximum atomic E-state index is 10.6. The molecule has 2 unspecified atom stereocenters. The molecule has 1 aromatic carbocycles. The van der Waals surface area contributed by atoms with Crippen LogP contribution >= 0.6 is 8.25 Å². The van der Waals surface area contributed by atoms with Gasteiger partial charge >= 0.3 is 8.25 Å². The molecule has 0 aliphatic carbocycles. The van der Waals surface area contributed by atoms with Crippen molar-refractivity contribution in [1.82, 2.24) is 9.55 Å². The first-order valence-electron chi connectivity index (χ1n) is 6.91. The van der Waals surface area contributed by atoms with E-state index in [-0.39, 0.29) is 45.5 Å². The molecule has 0 spiro atoms. The second-order valence-corrected chi connectivity index (χ2v) is 5.90. The summed E-state index contributed by atoms with van der Waals surface area (Å²) in [4.78, 5) is 13.0. The van der Waals surface area contributed by atoms with Crippen LogP contribution in [0.1, 0.15) is 12.6 Å². The van der Waals surface area contributed by atoms with Crippen LogP contribution in [-0.2, 0) is 46.5 Å². The molecule has 2 heterocycles. The Bertz CT molecular complexity index is 654. The van der Waals surface area contributed by atoms with Gasteiger partial charge in [-0.15, -0.1) is 0 Å². The van der Waals surface area contributed by atoms with Crippen molar-refractivity contribution in [2.24, 2.45) is 0 Å². The first-order valence-corrected chi connectivity index (χ1v) is 8.18. The zero-order chi connectivity index (χ0) is 15.5. The van der Waals surface area contributed by atoms with Crippen molar-refractivity contribution in [2.75, 3.05) is 6.61 Å². The summed E-state index contributed by atoms with van der Waals surface area (Å²) in [5.74, 6) is 0. The average Bonchev–Trinajstić information content (AvgIpc) is 3.13. The van der Waals surface area contributed by atoms with E-state index in [1.165, 1.54) is 0 Å². The summed E-state index contributed by atoms with van der Waals surface area (Å²) in [5, 5.41) is 9.95. The molecule has 121 valence electrons. The van der Waals surface area contributed by atoms with E-state index in [1.807, 2.05) is 36.5 Å². The van der Waals surface area contributed by atoms with Crippen molar-refractivity contribution in [3.63, 3.8) is 0 Å². The monoisotopic (exact) mass is 413 g/mol. The molecule has 0 amide bonds. The Labute approximate surface area is 159 Å². The third-order valence-electron chi connectivity index (χ3n) is 3.58. The van der Waals surface area contributed by atoms with Crippen LogP contribution in [0.2, 0.25) is 0 Å². The summed E-state index contributed by atoms with van der Waals surface area (Å²) >= 11 is 0. The van der Waals surface area contributed by atoms with Crippen LogP contribution in [0.25, 0.3) is 11.3 Å². The molecule has 0 bridgehead atoms. The van der Waals surface area contributed by atoms with Crippen LogP contribution in [0.4, 0.5) is 0 Å². The fraction of sp³-hybridized carbons (Fsp3) is 0.357. The van der Waals surface area contributed by atoms with E-state index in [9.17, 15) is 9.67 Å². The normalized spacial score (nSPS) is 25.0. The van der Waals surface area contributed by atoms with E-state index in [0.29, 0.717) is 6.42 Å². The molecule has 1 fully saturated rings. The van der Waals surface area contributed by atoms with Crippen molar-refractivity contribution in [3.8, 4) is 11.3 Å². The summed E-state index contributed by atoms with van der Waals surface area (Å²) in [6.07, 6.45) is 2.16. The van der Waals surface area contributed by atoms with Gasteiger partial charge in [-0.1, -0.05) is 30.3 Å². The maximum absolute atomic E-state index is 10.6. The van der Waals surface area contributed by atoms with E-state index in [4.69, 9.17) is 9.63 Å². The Morgan fingerprint density at radius 3 is 2.83 bits per heavy atom. The molecule has 3 rings (SSSR count). The van der Waals surface area contributed by atoms with Gasteiger partial charge in [0.05, 0.1) is 24.7 Å². The van der Waals surface area contributed by atoms with Crippen LogP contribution < -0.4 is 0 Å². The molecular weight excluding hydrogens is 396 g/mol. The second kappa shape index (κ2) is 8.63. The van der Waals surface area contributed by atoms with Gasteiger partial charge in [0.25, 0.3) is 0 Å². The predicted octanol–water partition coefficient (Wildman–Crippen LogP) is 1.59. The molecule has 2 aromatic rings. The Morgan fingerprint density at radius 2 is 2.13 bits per heavy atom. The molecule has 1 saturated heterocycles. The first kappa shape index (κ1) is 18.9. The number of aromatic nitrogens is 2. The fourth-order valence-corrected chi connectivity index (χ4v) is 2.76. The van der Waals surface area contributed by atoms with Crippen molar-refractivity contribution < 1.29 is 56.5 Å². The van der Waals surface area contributed by atoms with E-state index >= 15 is 0 Å². The average molecular weight is 413 g/mol. The molecule has 7 nitrogen and oxygen atoms in total. The van der Waals surface area contributed by atoms with E-state index in [1.54, 1.807) is 10.9 Å². The van der Waals surface area contributed by atoms with Crippen LogP contribution in [0, 0.1) is 0 Å². The van der Waals surface area contributed by atoms with Gasteiger partial charge in [-0.05, 0) is 0 Å². The Morgan fingerprint density at radius 1 is 1.39 bits per heavy atom. The van der Waals surface area contributed by atoms with Crippen molar-refractivity contribution in [1.29, 1.82) is 0 Å².